The van der Waals surface area contributed by atoms with Crippen molar-refractivity contribution in [2.24, 2.45) is 5.92 Å². The minimum absolute atomic E-state index is 0.323. The summed E-state index contributed by atoms with van der Waals surface area (Å²) in [7, 11) is 0. The van der Waals surface area contributed by atoms with Crippen LogP contribution in [0.15, 0.2) is 29.6 Å². The third-order valence-electron chi connectivity index (χ3n) is 4.24. The first-order valence-corrected chi connectivity index (χ1v) is 8.37. The monoisotopic (exact) mass is 293 g/mol. The molecule has 1 nitrogen and oxygen atoms in total. The van der Waals surface area contributed by atoms with Gasteiger partial charge in [-0.2, -0.15) is 0 Å². The van der Waals surface area contributed by atoms with Crippen molar-refractivity contribution in [3.8, 4) is 0 Å². The molecule has 1 fully saturated rings. The fraction of sp³-hybridized carbons (Fsp3) is 0.500. The van der Waals surface area contributed by atoms with Gasteiger partial charge in [-0.05, 0) is 61.2 Å². The Labute approximate surface area is 124 Å². The van der Waals surface area contributed by atoms with Crippen molar-refractivity contribution in [1.29, 1.82) is 0 Å². The number of piperidine rings is 1. The Morgan fingerprint density at radius 3 is 2.79 bits per heavy atom. The Morgan fingerprint density at radius 1 is 1.32 bits per heavy atom. The summed E-state index contributed by atoms with van der Waals surface area (Å²) < 4.78 is 1.40. The van der Waals surface area contributed by atoms with E-state index in [1.54, 1.807) is 0 Å². The van der Waals surface area contributed by atoms with Gasteiger partial charge in [-0.15, -0.1) is 22.9 Å². The molecule has 102 valence electrons. The van der Waals surface area contributed by atoms with E-state index in [1.165, 1.54) is 41.6 Å². The smallest absolute Gasteiger partial charge is 0.0346 e. The highest BCUT2D eigenvalue weighted by Gasteiger charge is 2.22. The number of benzene rings is 1. The summed E-state index contributed by atoms with van der Waals surface area (Å²) in [6.45, 7) is 5.60. The molecule has 1 aliphatic heterocycles. The molecule has 0 saturated carbocycles. The molecule has 0 N–H and O–H groups in total. The van der Waals surface area contributed by atoms with Crippen LogP contribution in [0.4, 0.5) is 0 Å². The van der Waals surface area contributed by atoms with Crippen LogP contribution in [-0.2, 0) is 6.54 Å². The van der Waals surface area contributed by atoms with Gasteiger partial charge in [0.15, 0.2) is 0 Å². The third-order valence-corrected chi connectivity index (χ3v) is 5.61. The van der Waals surface area contributed by atoms with E-state index in [-0.39, 0.29) is 0 Å². The second-order valence-corrected chi connectivity index (χ2v) is 7.15. The van der Waals surface area contributed by atoms with Crippen LogP contribution in [0.1, 0.15) is 25.3 Å². The van der Waals surface area contributed by atoms with Crippen molar-refractivity contribution >= 4 is 33.0 Å². The van der Waals surface area contributed by atoms with Gasteiger partial charge in [0.2, 0.25) is 0 Å². The number of likely N-dealkylation sites (tertiary alicyclic amines) is 1. The van der Waals surface area contributed by atoms with E-state index >= 15 is 0 Å². The first-order chi connectivity index (χ1) is 9.24. The van der Waals surface area contributed by atoms with Crippen LogP contribution in [0.25, 0.3) is 10.1 Å². The number of thiophene rings is 1. The molecule has 0 radical (unpaired) electrons. The number of fused-ring (bicyclic) bond motifs is 1. The van der Waals surface area contributed by atoms with Crippen LogP contribution in [0.2, 0.25) is 0 Å². The normalized spacial score (nSPS) is 19.9. The summed E-state index contributed by atoms with van der Waals surface area (Å²) in [5, 5.41) is 4.07. The topological polar surface area (TPSA) is 3.24 Å². The van der Waals surface area contributed by atoms with Crippen molar-refractivity contribution < 1.29 is 0 Å². The first kappa shape index (κ1) is 13.4. The van der Waals surface area contributed by atoms with Crippen LogP contribution in [-0.4, -0.2) is 23.4 Å². The van der Waals surface area contributed by atoms with E-state index in [0.29, 0.717) is 11.3 Å². The van der Waals surface area contributed by atoms with E-state index in [0.717, 1.165) is 6.54 Å². The Morgan fingerprint density at radius 2 is 2.05 bits per heavy atom. The van der Waals surface area contributed by atoms with Gasteiger partial charge in [0, 0.05) is 16.6 Å². The van der Waals surface area contributed by atoms with Crippen molar-refractivity contribution in [1.82, 2.24) is 4.90 Å². The second kappa shape index (κ2) is 5.82. The number of rotatable bonds is 3. The number of halogens is 1. The minimum atomic E-state index is 0.323. The van der Waals surface area contributed by atoms with Gasteiger partial charge < -0.3 is 0 Å². The van der Waals surface area contributed by atoms with E-state index in [1.807, 2.05) is 11.3 Å². The summed E-state index contributed by atoms with van der Waals surface area (Å²) in [5.74, 6) is 0.706. The molecule has 3 heteroatoms. The largest absolute Gasteiger partial charge is 0.299 e. The molecular weight excluding hydrogens is 274 g/mol. The SMILES string of the molecule is CC(Cl)C1CCN(Cc2csc3ccccc23)CC1. The summed E-state index contributed by atoms with van der Waals surface area (Å²) in [4.78, 5) is 2.57. The van der Waals surface area contributed by atoms with Gasteiger partial charge in [-0.25, -0.2) is 0 Å². The van der Waals surface area contributed by atoms with Gasteiger partial charge in [-0.1, -0.05) is 18.2 Å². The maximum Gasteiger partial charge on any atom is 0.0346 e. The zero-order valence-corrected chi connectivity index (χ0v) is 12.9. The van der Waals surface area contributed by atoms with Crippen LogP contribution < -0.4 is 0 Å². The highest BCUT2D eigenvalue weighted by atomic mass is 35.5. The lowest BCUT2D eigenvalue weighted by Crippen LogP contribution is -2.35. The molecule has 1 saturated heterocycles. The predicted octanol–water partition coefficient (Wildman–Crippen LogP) is 4.74. The highest BCUT2D eigenvalue weighted by Crippen LogP contribution is 2.29. The Hall–Kier alpha value is -0.570. The number of hydrogen-bond acceptors (Lipinski definition) is 2. The molecule has 0 aliphatic carbocycles. The van der Waals surface area contributed by atoms with E-state index in [2.05, 4.69) is 41.5 Å². The molecule has 2 heterocycles. The van der Waals surface area contributed by atoms with Gasteiger partial charge in [0.05, 0.1) is 0 Å². The number of hydrogen-bond donors (Lipinski definition) is 0. The Bertz CT molecular complexity index is 540. The molecular formula is C16H20ClNS. The first-order valence-electron chi connectivity index (χ1n) is 7.05. The molecule has 19 heavy (non-hydrogen) atoms. The lowest BCUT2D eigenvalue weighted by Gasteiger charge is -2.33. The van der Waals surface area contributed by atoms with Gasteiger partial charge >= 0.3 is 0 Å². The van der Waals surface area contributed by atoms with Crippen molar-refractivity contribution in [2.75, 3.05) is 13.1 Å². The minimum Gasteiger partial charge on any atom is -0.299 e. The molecule has 2 aromatic rings. The van der Waals surface area contributed by atoms with Gasteiger partial charge in [0.25, 0.3) is 0 Å². The lowest BCUT2D eigenvalue weighted by atomic mass is 9.94. The molecule has 1 unspecified atom stereocenters. The lowest BCUT2D eigenvalue weighted by molar-refractivity contribution is 0.177. The standard InChI is InChI=1S/C16H20ClNS/c1-12(17)13-6-8-18(9-7-13)10-14-11-19-16-5-3-2-4-15(14)16/h2-5,11-13H,6-10H2,1H3. The average Bonchev–Trinajstić information content (AvgIpc) is 2.83. The maximum atomic E-state index is 6.21. The summed E-state index contributed by atoms with van der Waals surface area (Å²) >= 11 is 8.07. The van der Waals surface area contributed by atoms with Crippen molar-refractivity contribution in [2.45, 2.75) is 31.7 Å². The van der Waals surface area contributed by atoms with E-state index in [4.69, 9.17) is 11.6 Å². The zero-order chi connectivity index (χ0) is 13.2. The molecule has 3 rings (SSSR count). The van der Waals surface area contributed by atoms with Gasteiger partial charge in [-0.3, -0.25) is 4.90 Å². The quantitative estimate of drug-likeness (QED) is 0.739. The van der Waals surface area contributed by atoms with E-state index in [9.17, 15) is 0 Å². The second-order valence-electron chi connectivity index (χ2n) is 5.55. The average molecular weight is 294 g/mol. The molecule has 1 atom stereocenters. The van der Waals surface area contributed by atoms with Crippen LogP contribution in [0, 0.1) is 5.92 Å². The number of nitrogens with zero attached hydrogens (tertiary/aromatic N) is 1. The fourth-order valence-electron chi connectivity index (χ4n) is 2.97. The zero-order valence-electron chi connectivity index (χ0n) is 11.3. The van der Waals surface area contributed by atoms with Crippen molar-refractivity contribution in [3.05, 3.63) is 35.2 Å². The highest BCUT2D eigenvalue weighted by molar-refractivity contribution is 7.17. The molecule has 1 aliphatic rings. The molecule has 1 aromatic heterocycles. The van der Waals surface area contributed by atoms with Crippen LogP contribution in [0.5, 0.6) is 0 Å². The van der Waals surface area contributed by atoms with E-state index < -0.39 is 0 Å². The molecule has 0 spiro atoms. The Kier molecular flexibility index (Phi) is 4.11. The summed E-state index contributed by atoms with van der Waals surface area (Å²) in [5.41, 5.74) is 1.48. The molecule has 0 amide bonds. The van der Waals surface area contributed by atoms with Crippen LogP contribution >= 0.6 is 22.9 Å². The Balaban J connectivity index is 1.66. The van der Waals surface area contributed by atoms with Crippen molar-refractivity contribution in [3.63, 3.8) is 0 Å². The number of alkyl halides is 1. The maximum absolute atomic E-state index is 6.21. The fourth-order valence-corrected chi connectivity index (χ4v) is 4.17. The molecule has 1 aromatic carbocycles. The third kappa shape index (κ3) is 2.96. The van der Waals surface area contributed by atoms with Crippen LogP contribution in [0.3, 0.4) is 0 Å². The molecule has 0 bridgehead atoms. The summed E-state index contributed by atoms with van der Waals surface area (Å²) in [6, 6.07) is 8.72. The summed E-state index contributed by atoms with van der Waals surface area (Å²) in [6.07, 6.45) is 2.49. The van der Waals surface area contributed by atoms with Gasteiger partial charge in [0.1, 0.15) is 0 Å². The predicted molar refractivity (Wildman–Crippen MR) is 85.1 cm³/mol.